The van der Waals surface area contributed by atoms with E-state index in [1.54, 1.807) is 0 Å². The maximum atomic E-state index is 11.7. The number of nitrogens with two attached hydrogens (primary N) is 1. The van der Waals surface area contributed by atoms with Crippen LogP contribution in [-0.4, -0.2) is 66.5 Å². The Labute approximate surface area is 146 Å². The Balaban J connectivity index is 1.96. The lowest BCUT2D eigenvalue weighted by atomic mass is 9.89. The molecule has 2 fully saturated rings. The second-order valence-electron chi connectivity index (χ2n) is 8.09. The normalized spacial score (nSPS) is 22.7. The van der Waals surface area contributed by atoms with Gasteiger partial charge < -0.3 is 16.0 Å². The Kier molecular flexibility index (Phi) is 6.12. The molecule has 1 aliphatic heterocycles. The molecule has 24 heavy (non-hydrogen) atoms. The fourth-order valence-electron chi connectivity index (χ4n) is 3.71. The van der Waals surface area contributed by atoms with E-state index in [0.29, 0.717) is 5.41 Å². The van der Waals surface area contributed by atoms with Gasteiger partial charge in [-0.15, -0.1) is 0 Å². The first kappa shape index (κ1) is 19.0. The van der Waals surface area contributed by atoms with Gasteiger partial charge in [-0.25, -0.2) is 0 Å². The number of hydrogen-bond donors (Lipinski definition) is 2. The Morgan fingerprint density at radius 1 is 1.21 bits per heavy atom. The van der Waals surface area contributed by atoms with Gasteiger partial charge >= 0.3 is 0 Å². The van der Waals surface area contributed by atoms with Crippen LogP contribution in [0.1, 0.15) is 53.4 Å². The lowest BCUT2D eigenvalue weighted by Crippen LogP contribution is -2.61. The molecular weight excluding hydrogens is 302 g/mol. The molecule has 0 aromatic heterocycles. The highest BCUT2D eigenvalue weighted by Crippen LogP contribution is 2.37. The van der Waals surface area contributed by atoms with Gasteiger partial charge in [-0.05, 0) is 39.0 Å². The van der Waals surface area contributed by atoms with E-state index in [1.165, 1.54) is 25.7 Å². The van der Waals surface area contributed by atoms with Crippen LogP contribution in [0.3, 0.4) is 0 Å². The predicted octanol–water partition coefficient (Wildman–Crippen LogP) is 1.41. The number of amides is 1. The van der Waals surface area contributed by atoms with Gasteiger partial charge in [-0.1, -0.05) is 19.8 Å². The van der Waals surface area contributed by atoms with Gasteiger partial charge in [-0.2, -0.15) is 0 Å². The standard InChI is InChI=1S/C18H35N5O/c1-5-20-16(21-14-18(4)8-6-7-9-18)22-10-12-23(13-11-22)17(2,3)15(19)24/h5-14H2,1-4H3,(H2,19,24)(H,20,21). The summed E-state index contributed by atoms with van der Waals surface area (Å²) in [6.07, 6.45) is 5.25. The smallest absolute Gasteiger partial charge is 0.237 e. The van der Waals surface area contributed by atoms with Crippen molar-refractivity contribution in [1.29, 1.82) is 0 Å². The van der Waals surface area contributed by atoms with E-state index < -0.39 is 5.54 Å². The predicted molar refractivity (Wildman–Crippen MR) is 99.0 cm³/mol. The molecule has 2 rings (SSSR count). The van der Waals surface area contributed by atoms with Crippen LogP contribution in [0.25, 0.3) is 0 Å². The molecule has 0 aromatic rings. The minimum absolute atomic E-state index is 0.259. The SMILES string of the molecule is CCNC(=NCC1(C)CCCC1)N1CCN(C(C)(C)C(N)=O)CC1. The van der Waals surface area contributed by atoms with Crippen molar-refractivity contribution in [3.8, 4) is 0 Å². The Morgan fingerprint density at radius 3 is 2.29 bits per heavy atom. The summed E-state index contributed by atoms with van der Waals surface area (Å²) in [5.41, 5.74) is 5.33. The first-order valence-electron chi connectivity index (χ1n) is 9.37. The van der Waals surface area contributed by atoms with E-state index >= 15 is 0 Å². The maximum Gasteiger partial charge on any atom is 0.237 e. The van der Waals surface area contributed by atoms with E-state index in [9.17, 15) is 4.79 Å². The van der Waals surface area contributed by atoms with Gasteiger partial charge in [0.2, 0.25) is 5.91 Å². The van der Waals surface area contributed by atoms with Gasteiger partial charge in [-0.3, -0.25) is 14.7 Å². The van der Waals surface area contributed by atoms with Crippen molar-refractivity contribution in [1.82, 2.24) is 15.1 Å². The highest BCUT2D eigenvalue weighted by Gasteiger charge is 2.35. The minimum Gasteiger partial charge on any atom is -0.368 e. The van der Waals surface area contributed by atoms with Crippen LogP contribution in [0, 0.1) is 5.41 Å². The number of primary amides is 1. The highest BCUT2D eigenvalue weighted by atomic mass is 16.1. The summed E-state index contributed by atoms with van der Waals surface area (Å²) in [7, 11) is 0. The molecule has 0 unspecified atom stereocenters. The van der Waals surface area contributed by atoms with Crippen LogP contribution in [-0.2, 0) is 4.79 Å². The molecule has 0 spiro atoms. The van der Waals surface area contributed by atoms with E-state index in [1.807, 2.05) is 13.8 Å². The van der Waals surface area contributed by atoms with Gasteiger partial charge in [0.15, 0.2) is 5.96 Å². The van der Waals surface area contributed by atoms with Crippen LogP contribution in [0.5, 0.6) is 0 Å². The van der Waals surface area contributed by atoms with Crippen LogP contribution >= 0.6 is 0 Å². The van der Waals surface area contributed by atoms with Crippen LogP contribution in [0.4, 0.5) is 0 Å². The summed E-state index contributed by atoms with van der Waals surface area (Å²) in [4.78, 5) is 21.1. The number of guanidine groups is 1. The van der Waals surface area contributed by atoms with Crippen molar-refractivity contribution < 1.29 is 4.79 Å². The fourth-order valence-corrected chi connectivity index (χ4v) is 3.71. The van der Waals surface area contributed by atoms with Crippen LogP contribution in [0.2, 0.25) is 0 Å². The molecule has 1 heterocycles. The first-order chi connectivity index (χ1) is 11.3. The zero-order valence-corrected chi connectivity index (χ0v) is 15.9. The number of hydrogen-bond acceptors (Lipinski definition) is 3. The monoisotopic (exact) mass is 337 g/mol. The Hall–Kier alpha value is -1.30. The van der Waals surface area contributed by atoms with E-state index in [-0.39, 0.29) is 5.91 Å². The fraction of sp³-hybridized carbons (Fsp3) is 0.889. The molecule has 0 radical (unpaired) electrons. The van der Waals surface area contributed by atoms with E-state index in [4.69, 9.17) is 10.7 Å². The average Bonchev–Trinajstić information content (AvgIpc) is 2.98. The molecule has 2 aliphatic rings. The minimum atomic E-state index is -0.584. The number of aliphatic imine (C=N–C) groups is 1. The van der Waals surface area contributed by atoms with Gasteiger partial charge in [0.25, 0.3) is 0 Å². The zero-order chi connectivity index (χ0) is 17.8. The zero-order valence-electron chi connectivity index (χ0n) is 15.9. The van der Waals surface area contributed by atoms with Crippen molar-refractivity contribution in [3.63, 3.8) is 0 Å². The number of carbonyl (C=O) groups is 1. The number of piperazine rings is 1. The number of nitrogens with one attached hydrogen (secondary N) is 1. The van der Waals surface area contributed by atoms with Crippen molar-refractivity contribution >= 4 is 11.9 Å². The molecular formula is C18H35N5O. The van der Waals surface area contributed by atoms with E-state index in [2.05, 4.69) is 29.0 Å². The van der Waals surface area contributed by atoms with E-state index in [0.717, 1.165) is 45.2 Å². The number of nitrogens with zero attached hydrogens (tertiary/aromatic N) is 3. The van der Waals surface area contributed by atoms with Crippen LogP contribution < -0.4 is 11.1 Å². The average molecular weight is 338 g/mol. The molecule has 0 bridgehead atoms. The Morgan fingerprint density at radius 2 is 1.79 bits per heavy atom. The quantitative estimate of drug-likeness (QED) is 0.588. The first-order valence-corrected chi connectivity index (χ1v) is 9.37. The van der Waals surface area contributed by atoms with Crippen LogP contribution in [0.15, 0.2) is 4.99 Å². The lowest BCUT2D eigenvalue weighted by Gasteiger charge is -2.43. The third kappa shape index (κ3) is 4.41. The summed E-state index contributed by atoms with van der Waals surface area (Å²) in [6.45, 7) is 13.5. The highest BCUT2D eigenvalue weighted by molar-refractivity contribution is 5.84. The maximum absolute atomic E-state index is 11.7. The second-order valence-corrected chi connectivity index (χ2v) is 8.09. The molecule has 3 N–H and O–H groups in total. The van der Waals surface area contributed by atoms with Crippen molar-refractivity contribution in [2.24, 2.45) is 16.1 Å². The summed E-state index contributed by atoms with van der Waals surface area (Å²) < 4.78 is 0. The molecule has 0 atom stereocenters. The molecule has 1 saturated heterocycles. The summed E-state index contributed by atoms with van der Waals surface area (Å²) in [6, 6.07) is 0. The topological polar surface area (TPSA) is 74.0 Å². The molecule has 1 aliphatic carbocycles. The summed E-state index contributed by atoms with van der Waals surface area (Å²) in [5, 5.41) is 3.44. The van der Waals surface area contributed by atoms with Crippen molar-refractivity contribution in [2.45, 2.75) is 58.9 Å². The largest absolute Gasteiger partial charge is 0.368 e. The van der Waals surface area contributed by atoms with Crippen molar-refractivity contribution in [2.75, 3.05) is 39.3 Å². The number of carbonyl (C=O) groups excluding carboxylic acids is 1. The second kappa shape index (κ2) is 7.72. The third-order valence-electron chi connectivity index (χ3n) is 5.73. The molecule has 1 saturated carbocycles. The lowest BCUT2D eigenvalue weighted by molar-refractivity contribution is -0.129. The third-order valence-corrected chi connectivity index (χ3v) is 5.73. The molecule has 6 heteroatoms. The summed E-state index contributed by atoms with van der Waals surface area (Å²) in [5.74, 6) is 0.757. The van der Waals surface area contributed by atoms with Gasteiger partial charge in [0.1, 0.15) is 0 Å². The summed E-state index contributed by atoms with van der Waals surface area (Å²) >= 11 is 0. The van der Waals surface area contributed by atoms with Crippen molar-refractivity contribution in [3.05, 3.63) is 0 Å². The molecule has 138 valence electrons. The molecule has 6 nitrogen and oxygen atoms in total. The molecule has 1 amide bonds. The molecule has 0 aromatic carbocycles. The van der Waals surface area contributed by atoms with Gasteiger partial charge in [0.05, 0.1) is 5.54 Å². The Bertz CT molecular complexity index is 460. The number of rotatable bonds is 5. The van der Waals surface area contributed by atoms with Gasteiger partial charge in [0, 0.05) is 39.3 Å².